The van der Waals surface area contributed by atoms with Gasteiger partial charge in [0.2, 0.25) is 0 Å². The van der Waals surface area contributed by atoms with Crippen molar-refractivity contribution in [2.75, 3.05) is 0 Å². The molecule has 5 heteroatoms. The van der Waals surface area contributed by atoms with Gasteiger partial charge in [-0.25, -0.2) is 4.79 Å². The van der Waals surface area contributed by atoms with Crippen LogP contribution < -0.4 is 0 Å². The van der Waals surface area contributed by atoms with E-state index < -0.39 is 5.97 Å². The van der Waals surface area contributed by atoms with E-state index in [9.17, 15) is 9.59 Å². The van der Waals surface area contributed by atoms with Crippen LogP contribution in [0.3, 0.4) is 0 Å². The summed E-state index contributed by atoms with van der Waals surface area (Å²) in [6.45, 7) is 14.1. The van der Waals surface area contributed by atoms with E-state index in [-0.39, 0.29) is 23.4 Å². The zero-order valence-corrected chi connectivity index (χ0v) is 16.7. The van der Waals surface area contributed by atoms with Crippen LogP contribution in [0.2, 0.25) is 0 Å². The Balaban J connectivity index is 0. The van der Waals surface area contributed by atoms with E-state index in [1.54, 1.807) is 0 Å². The minimum absolute atomic E-state index is 0.151. The minimum Gasteiger partial charge on any atom is -0.481 e. The third-order valence-electron chi connectivity index (χ3n) is 3.53. The third kappa shape index (κ3) is 20.9. The second-order valence-corrected chi connectivity index (χ2v) is 7.92. The largest absolute Gasteiger partial charge is 0.481 e. The van der Waals surface area contributed by atoms with Gasteiger partial charge in [-0.3, -0.25) is 9.68 Å². The predicted octanol–water partition coefficient (Wildman–Crippen LogP) is 5.52. The number of carbonyl (C=O) groups excluding carboxylic acids is 1. The lowest BCUT2D eigenvalue weighted by molar-refractivity contribution is -0.325. The molecule has 0 aromatic rings. The Hall–Kier alpha value is -1.10. The highest BCUT2D eigenvalue weighted by atomic mass is 17.2. The molecule has 1 N–H and O–H groups in total. The second kappa shape index (κ2) is 13.2. The Morgan fingerprint density at radius 1 is 0.917 bits per heavy atom. The summed E-state index contributed by atoms with van der Waals surface area (Å²) in [7, 11) is 0. The highest BCUT2D eigenvalue weighted by Gasteiger charge is 2.19. The number of unbranched alkanes of at least 4 members (excludes halogenated alkanes) is 3. The quantitative estimate of drug-likeness (QED) is 0.320. The molecule has 0 rings (SSSR count). The summed E-state index contributed by atoms with van der Waals surface area (Å²) >= 11 is 0. The molecule has 5 nitrogen and oxygen atoms in total. The monoisotopic (exact) mass is 346 g/mol. The predicted molar refractivity (Wildman–Crippen MR) is 96.6 cm³/mol. The number of aliphatic carboxylic acids is 1. The van der Waals surface area contributed by atoms with Crippen LogP contribution >= 0.6 is 0 Å². The van der Waals surface area contributed by atoms with E-state index in [2.05, 4.69) is 6.92 Å². The fourth-order valence-corrected chi connectivity index (χ4v) is 1.44. The Morgan fingerprint density at radius 2 is 1.50 bits per heavy atom. The fourth-order valence-electron chi connectivity index (χ4n) is 1.44. The van der Waals surface area contributed by atoms with Gasteiger partial charge < -0.3 is 5.11 Å². The van der Waals surface area contributed by atoms with E-state index >= 15 is 0 Å². The molecule has 0 saturated carbocycles. The van der Waals surface area contributed by atoms with Gasteiger partial charge >= 0.3 is 11.9 Å². The van der Waals surface area contributed by atoms with Crippen molar-refractivity contribution < 1.29 is 24.5 Å². The number of hydrogen-bond acceptors (Lipinski definition) is 4. The molecule has 0 aromatic carbocycles. The Kier molecular flexibility index (Phi) is 13.9. The van der Waals surface area contributed by atoms with Crippen LogP contribution in [0, 0.1) is 5.41 Å². The zero-order chi connectivity index (χ0) is 19.2. The molecule has 0 bridgehead atoms. The number of rotatable bonds is 10. The van der Waals surface area contributed by atoms with Gasteiger partial charge in [-0.05, 0) is 38.5 Å². The maximum atomic E-state index is 11.2. The van der Waals surface area contributed by atoms with E-state index in [4.69, 9.17) is 14.9 Å². The van der Waals surface area contributed by atoms with Crippen LogP contribution in [-0.2, 0) is 19.4 Å². The van der Waals surface area contributed by atoms with Crippen LogP contribution in [0.15, 0.2) is 0 Å². The normalized spacial score (nSPS) is 11.5. The van der Waals surface area contributed by atoms with Crippen LogP contribution in [0.4, 0.5) is 0 Å². The molecule has 0 atom stereocenters. The molecule has 0 amide bonds. The lowest BCUT2D eigenvalue weighted by atomic mass is 9.91. The minimum atomic E-state index is -0.704. The SMILES string of the molecule is CC(C)(C)CCC(=O)O.CCCCCCC(=O)OOC(C)(C)CC. The van der Waals surface area contributed by atoms with Crippen LogP contribution in [0.5, 0.6) is 0 Å². The smallest absolute Gasteiger partial charge is 0.342 e. The summed E-state index contributed by atoms with van der Waals surface area (Å²) in [4.78, 5) is 31.1. The van der Waals surface area contributed by atoms with Crippen LogP contribution in [0.1, 0.15) is 99.8 Å². The van der Waals surface area contributed by atoms with Crippen molar-refractivity contribution >= 4 is 11.9 Å². The van der Waals surface area contributed by atoms with E-state index in [1.807, 2.05) is 41.5 Å². The fraction of sp³-hybridized carbons (Fsp3) is 0.895. The van der Waals surface area contributed by atoms with Crippen molar-refractivity contribution in [3.05, 3.63) is 0 Å². The standard InChI is InChI=1S/C12H24O3.C7H14O2/c1-5-7-8-9-10-11(13)14-15-12(3,4)6-2;1-7(2,3)5-4-6(8)9/h5-10H2,1-4H3;4-5H2,1-3H3,(H,8,9). The lowest BCUT2D eigenvalue weighted by Crippen LogP contribution is -2.25. The summed E-state index contributed by atoms with van der Waals surface area (Å²) in [5.41, 5.74) is -0.225. The zero-order valence-electron chi connectivity index (χ0n) is 16.7. The first-order valence-corrected chi connectivity index (χ1v) is 9.04. The molecular weight excluding hydrogens is 308 g/mol. The highest BCUT2D eigenvalue weighted by molar-refractivity contribution is 5.68. The van der Waals surface area contributed by atoms with Gasteiger partial charge in [-0.15, -0.1) is 0 Å². The number of carbonyl (C=O) groups is 2. The molecule has 0 aliphatic heterocycles. The molecule has 0 heterocycles. The van der Waals surface area contributed by atoms with Gasteiger partial charge in [-0.2, -0.15) is 4.89 Å². The average molecular weight is 347 g/mol. The van der Waals surface area contributed by atoms with Gasteiger partial charge in [0, 0.05) is 12.8 Å². The molecule has 0 unspecified atom stereocenters. The van der Waals surface area contributed by atoms with Gasteiger partial charge in [0.15, 0.2) is 0 Å². The first kappa shape index (κ1) is 25.1. The first-order chi connectivity index (χ1) is 10.9. The van der Waals surface area contributed by atoms with Crippen molar-refractivity contribution in [1.29, 1.82) is 0 Å². The first-order valence-electron chi connectivity index (χ1n) is 9.04. The molecule has 0 saturated heterocycles. The summed E-state index contributed by atoms with van der Waals surface area (Å²) < 4.78 is 0. The Labute approximate surface area is 148 Å². The number of carboxylic acid groups (broad SMARTS) is 1. The molecular formula is C19H38O5. The van der Waals surface area contributed by atoms with Crippen LogP contribution in [-0.4, -0.2) is 22.6 Å². The van der Waals surface area contributed by atoms with E-state index in [0.29, 0.717) is 6.42 Å². The average Bonchev–Trinajstić information content (AvgIpc) is 2.48. The molecule has 0 aromatic heterocycles. The molecule has 0 aliphatic rings. The maximum Gasteiger partial charge on any atom is 0.342 e. The Morgan fingerprint density at radius 3 is 1.88 bits per heavy atom. The van der Waals surface area contributed by atoms with Crippen molar-refractivity contribution in [2.24, 2.45) is 5.41 Å². The molecule has 24 heavy (non-hydrogen) atoms. The Bertz CT molecular complexity index is 342. The maximum absolute atomic E-state index is 11.2. The molecule has 0 spiro atoms. The van der Waals surface area contributed by atoms with Gasteiger partial charge in [0.1, 0.15) is 5.60 Å². The molecule has 0 aliphatic carbocycles. The number of hydrogen-bond donors (Lipinski definition) is 1. The molecule has 144 valence electrons. The van der Waals surface area contributed by atoms with Crippen molar-refractivity contribution in [2.45, 2.75) is 105 Å². The highest BCUT2D eigenvalue weighted by Crippen LogP contribution is 2.19. The third-order valence-corrected chi connectivity index (χ3v) is 3.53. The summed E-state index contributed by atoms with van der Waals surface area (Å²) in [6, 6.07) is 0. The summed E-state index contributed by atoms with van der Waals surface area (Å²) in [5, 5.41) is 8.28. The van der Waals surface area contributed by atoms with E-state index in [1.165, 1.54) is 12.8 Å². The lowest BCUT2D eigenvalue weighted by Gasteiger charge is -2.20. The second-order valence-electron chi connectivity index (χ2n) is 7.92. The summed E-state index contributed by atoms with van der Waals surface area (Å²) in [5.74, 6) is -0.961. The van der Waals surface area contributed by atoms with Crippen molar-refractivity contribution in [3.63, 3.8) is 0 Å². The van der Waals surface area contributed by atoms with Crippen molar-refractivity contribution in [3.8, 4) is 0 Å². The van der Waals surface area contributed by atoms with Crippen molar-refractivity contribution in [1.82, 2.24) is 0 Å². The topological polar surface area (TPSA) is 72.8 Å². The van der Waals surface area contributed by atoms with Crippen LogP contribution in [0.25, 0.3) is 0 Å². The van der Waals surface area contributed by atoms with Gasteiger partial charge in [0.25, 0.3) is 0 Å². The van der Waals surface area contributed by atoms with Gasteiger partial charge in [0.05, 0.1) is 0 Å². The molecule has 0 radical (unpaired) electrons. The summed E-state index contributed by atoms with van der Waals surface area (Å²) in [6.07, 6.45) is 6.64. The van der Waals surface area contributed by atoms with Gasteiger partial charge in [-0.1, -0.05) is 53.9 Å². The number of carboxylic acids is 1. The van der Waals surface area contributed by atoms with E-state index in [0.717, 1.165) is 25.7 Å². The molecule has 0 fully saturated rings.